The number of ether oxygens (including phenoxy) is 2. The molecule has 0 aromatic carbocycles. The lowest BCUT2D eigenvalue weighted by Crippen LogP contribution is -2.04. The molecule has 0 spiro atoms. The summed E-state index contributed by atoms with van der Waals surface area (Å²) in [6, 6.07) is 9.47. The fraction of sp³-hybridized carbons (Fsp3) is 0.176. The maximum atomic E-state index is 12.3. The van der Waals surface area contributed by atoms with Gasteiger partial charge >= 0.3 is 5.97 Å². The lowest BCUT2D eigenvalue weighted by molar-refractivity contribution is 0.0527. The van der Waals surface area contributed by atoms with Crippen molar-refractivity contribution in [3.8, 4) is 17.0 Å². The molecule has 0 bridgehead atoms. The Morgan fingerprint density at radius 1 is 1.27 bits per heavy atom. The highest BCUT2D eigenvalue weighted by atomic mass is 16.5. The Hall–Kier alpha value is -2.82. The van der Waals surface area contributed by atoms with Crippen molar-refractivity contribution in [1.82, 2.24) is 9.38 Å². The van der Waals surface area contributed by atoms with Gasteiger partial charge in [0.1, 0.15) is 0 Å². The largest absolute Gasteiger partial charge is 0.481 e. The number of fused-ring (bicyclic) bond motifs is 1. The van der Waals surface area contributed by atoms with Gasteiger partial charge in [0.05, 0.1) is 24.8 Å². The van der Waals surface area contributed by atoms with Gasteiger partial charge in [0.15, 0.2) is 0 Å². The smallest absolute Gasteiger partial charge is 0.340 e. The third-order valence-electron chi connectivity index (χ3n) is 3.41. The highest BCUT2D eigenvalue weighted by molar-refractivity contribution is 6.02. The predicted octanol–water partition coefficient (Wildman–Crippen LogP) is 3.19. The van der Waals surface area contributed by atoms with Crippen LogP contribution < -0.4 is 4.74 Å². The van der Waals surface area contributed by atoms with E-state index in [2.05, 4.69) is 4.98 Å². The molecule has 0 radical (unpaired) electrons. The van der Waals surface area contributed by atoms with Crippen LogP contribution in [0.1, 0.15) is 17.3 Å². The number of aromatic nitrogens is 2. The van der Waals surface area contributed by atoms with Crippen LogP contribution in [-0.2, 0) is 4.74 Å². The Morgan fingerprint density at radius 2 is 2.14 bits per heavy atom. The van der Waals surface area contributed by atoms with E-state index in [4.69, 9.17) is 9.47 Å². The minimum absolute atomic E-state index is 0.336. The molecule has 0 saturated carbocycles. The first kappa shape index (κ1) is 14.1. The van der Waals surface area contributed by atoms with Crippen molar-refractivity contribution in [3.05, 3.63) is 54.5 Å². The molecule has 0 unspecified atom stereocenters. The van der Waals surface area contributed by atoms with Crippen molar-refractivity contribution in [3.63, 3.8) is 0 Å². The van der Waals surface area contributed by atoms with E-state index in [0.717, 1.165) is 16.6 Å². The van der Waals surface area contributed by atoms with E-state index in [1.807, 2.05) is 34.9 Å². The quantitative estimate of drug-likeness (QED) is 0.694. The van der Waals surface area contributed by atoms with Crippen LogP contribution in [-0.4, -0.2) is 29.1 Å². The van der Waals surface area contributed by atoms with Crippen LogP contribution in [0.2, 0.25) is 0 Å². The van der Waals surface area contributed by atoms with Gasteiger partial charge in [-0.25, -0.2) is 9.78 Å². The third-order valence-corrected chi connectivity index (χ3v) is 3.41. The number of hydrogen-bond acceptors (Lipinski definition) is 4. The topological polar surface area (TPSA) is 52.8 Å². The molecule has 0 fully saturated rings. The van der Waals surface area contributed by atoms with Gasteiger partial charge in [-0.05, 0) is 25.1 Å². The Kier molecular flexibility index (Phi) is 3.78. The molecule has 0 aliphatic rings. The molecular weight excluding hydrogens is 280 g/mol. The van der Waals surface area contributed by atoms with E-state index in [1.165, 1.54) is 0 Å². The molecule has 0 aliphatic heterocycles. The van der Waals surface area contributed by atoms with Gasteiger partial charge in [-0.1, -0.05) is 6.07 Å². The van der Waals surface area contributed by atoms with Crippen molar-refractivity contribution >= 4 is 11.5 Å². The zero-order valence-electron chi connectivity index (χ0n) is 12.4. The lowest BCUT2D eigenvalue weighted by Gasteiger charge is -2.06. The average Bonchev–Trinajstić information content (AvgIpc) is 2.95. The van der Waals surface area contributed by atoms with Crippen LogP contribution in [0.5, 0.6) is 5.88 Å². The number of nitrogens with zero attached hydrogens (tertiary/aromatic N) is 2. The van der Waals surface area contributed by atoms with Crippen molar-refractivity contribution in [1.29, 1.82) is 0 Å². The molecule has 112 valence electrons. The second-order valence-corrected chi connectivity index (χ2v) is 4.72. The molecule has 3 aromatic rings. The predicted molar refractivity (Wildman–Crippen MR) is 83.1 cm³/mol. The lowest BCUT2D eigenvalue weighted by atomic mass is 10.0. The van der Waals surface area contributed by atoms with Gasteiger partial charge in [0.25, 0.3) is 0 Å². The Morgan fingerprint density at radius 3 is 2.82 bits per heavy atom. The summed E-state index contributed by atoms with van der Waals surface area (Å²) < 4.78 is 12.2. The summed E-state index contributed by atoms with van der Waals surface area (Å²) in [5.41, 5.74) is 3.12. The van der Waals surface area contributed by atoms with Gasteiger partial charge in [-0.15, -0.1) is 0 Å². The second kappa shape index (κ2) is 5.89. The molecule has 0 N–H and O–H groups in total. The number of hydrogen-bond donors (Lipinski definition) is 0. The SMILES string of the molecule is CCOC(=O)c1cn2ccccc2c1-c1ccc(OC)nc1. The molecule has 0 aliphatic carbocycles. The first-order valence-electron chi connectivity index (χ1n) is 7.01. The van der Waals surface area contributed by atoms with Gasteiger partial charge in [-0.2, -0.15) is 0 Å². The molecule has 22 heavy (non-hydrogen) atoms. The number of esters is 1. The maximum Gasteiger partial charge on any atom is 0.340 e. The average molecular weight is 296 g/mol. The standard InChI is InChI=1S/C17H16N2O3/c1-3-22-17(20)13-11-19-9-5-4-6-14(19)16(13)12-7-8-15(21-2)18-10-12/h4-11H,3H2,1-2H3. The summed E-state index contributed by atoms with van der Waals surface area (Å²) in [6.45, 7) is 2.13. The van der Waals surface area contributed by atoms with E-state index < -0.39 is 0 Å². The molecule has 3 aromatic heterocycles. The zero-order valence-corrected chi connectivity index (χ0v) is 12.4. The van der Waals surface area contributed by atoms with E-state index in [-0.39, 0.29) is 5.97 Å². The highest BCUT2D eigenvalue weighted by Gasteiger charge is 2.19. The van der Waals surface area contributed by atoms with Crippen LogP contribution in [0.25, 0.3) is 16.6 Å². The fourth-order valence-corrected chi connectivity index (χ4v) is 2.44. The normalized spacial score (nSPS) is 10.6. The summed E-state index contributed by atoms with van der Waals surface area (Å²) in [6.07, 6.45) is 5.38. The molecule has 3 heterocycles. The van der Waals surface area contributed by atoms with Crippen molar-refractivity contribution in [2.75, 3.05) is 13.7 Å². The van der Waals surface area contributed by atoms with Crippen LogP contribution in [0, 0.1) is 0 Å². The van der Waals surface area contributed by atoms with E-state index >= 15 is 0 Å². The summed E-state index contributed by atoms with van der Waals surface area (Å²) in [7, 11) is 1.57. The van der Waals surface area contributed by atoms with Gasteiger partial charge in [0, 0.05) is 35.8 Å². The van der Waals surface area contributed by atoms with E-state index in [1.54, 1.807) is 32.5 Å². The Labute approximate surface area is 128 Å². The summed E-state index contributed by atoms with van der Waals surface area (Å²) in [5.74, 6) is 0.196. The maximum absolute atomic E-state index is 12.3. The van der Waals surface area contributed by atoms with Crippen LogP contribution in [0.4, 0.5) is 0 Å². The van der Waals surface area contributed by atoms with Crippen molar-refractivity contribution < 1.29 is 14.3 Å². The van der Waals surface area contributed by atoms with E-state index in [0.29, 0.717) is 18.1 Å². The number of carbonyl (C=O) groups is 1. The Balaban J connectivity index is 2.20. The van der Waals surface area contributed by atoms with Gasteiger partial charge < -0.3 is 13.9 Å². The van der Waals surface area contributed by atoms with Crippen LogP contribution in [0.3, 0.4) is 0 Å². The monoisotopic (exact) mass is 296 g/mol. The molecule has 0 saturated heterocycles. The first-order chi connectivity index (χ1) is 10.7. The molecule has 0 atom stereocenters. The molecule has 3 rings (SSSR count). The number of pyridine rings is 2. The van der Waals surface area contributed by atoms with Gasteiger partial charge in [-0.3, -0.25) is 0 Å². The summed E-state index contributed by atoms with van der Waals surface area (Å²) >= 11 is 0. The number of carbonyl (C=O) groups excluding carboxylic acids is 1. The molecule has 5 nitrogen and oxygen atoms in total. The summed E-state index contributed by atoms with van der Waals surface area (Å²) in [5, 5.41) is 0. The molecule has 0 amide bonds. The first-order valence-corrected chi connectivity index (χ1v) is 7.01. The number of rotatable bonds is 4. The minimum Gasteiger partial charge on any atom is -0.481 e. The molecule has 5 heteroatoms. The Bertz CT molecular complexity index is 806. The van der Waals surface area contributed by atoms with Gasteiger partial charge in [0.2, 0.25) is 5.88 Å². The van der Waals surface area contributed by atoms with Crippen molar-refractivity contribution in [2.45, 2.75) is 6.92 Å². The number of methoxy groups -OCH3 is 1. The zero-order chi connectivity index (χ0) is 15.5. The minimum atomic E-state index is -0.336. The second-order valence-electron chi connectivity index (χ2n) is 4.72. The fourth-order valence-electron chi connectivity index (χ4n) is 2.44. The van der Waals surface area contributed by atoms with E-state index in [9.17, 15) is 4.79 Å². The van der Waals surface area contributed by atoms with Crippen molar-refractivity contribution in [2.24, 2.45) is 0 Å². The van der Waals surface area contributed by atoms with Crippen LogP contribution >= 0.6 is 0 Å². The third kappa shape index (κ3) is 2.41. The summed E-state index contributed by atoms with van der Waals surface area (Å²) in [4.78, 5) is 16.5. The molecular formula is C17H16N2O3. The highest BCUT2D eigenvalue weighted by Crippen LogP contribution is 2.31. The van der Waals surface area contributed by atoms with Crippen LogP contribution in [0.15, 0.2) is 48.9 Å².